The van der Waals surface area contributed by atoms with Crippen LogP contribution in [0.3, 0.4) is 0 Å². The Morgan fingerprint density at radius 2 is 0.818 bits per heavy atom. The van der Waals surface area contributed by atoms with Gasteiger partial charge in [0, 0.05) is 11.1 Å². The number of pyridine rings is 2. The van der Waals surface area contributed by atoms with Gasteiger partial charge in [-0.2, -0.15) is 0 Å². The van der Waals surface area contributed by atoms with Crippen LogP contribution in [-0.2, 0) is 18.6 Å². The lowest BCUT2D eigenvalue weighted by Gasteiger charge is -2.32. The summed E-state index contributed by atoms with van der Waals surface area (Å²) in [5.74, 6) is -0.860. The summed E-state index contributed by atoms with van der Waals surface area (Å²) in [6.45, 7) is 16.1. The lowest BCUT2D eigenvalue weighted by molar-refractivity contribution is 0.00578. The van der Waals surface area contributed by atoms with Crippen LogP contribution in [0.2, 0.25) is 0 Å². The summed E-state index contributed by atoms with van der Waals surface area (Å²) in [7, 11) is -1.20. The van der Waals surface area contributed by atoms with E-state index in [0.29, 0.717) is 11.4 Å². The summed E-state index contributed by atoms with van der Waals surface area (Å²) in [5, 5.41) is 0. The molecule has 2 aromatic carbocycles. The number of rotatable bonds is 5. The fourth-order valence-corrected chi connectivity index (χ4v) is 5.34. The third-order valence-corrected chi connectivity index (χ3v) is 9.43. The van der Waals surface area contributed by atoms with Gasteiger partial charge in [0.25, 0.3) is 0 Å². The highest BCUT2D eigenvalue weighted by atomic mass is 19.1. The third kappa shape index (κ3) is 5.38. The molecular weight excluding hydrogens is 560 g/mol. The van der Waals surface area contributed by atoms with Gasteiger partial charge in [0.05, 0.1) is 46.2 Å². The van der Waals surface area contributed by atoms with Gasteiger partial charge in [-0.1, -0.05) is 36.4 Å². The Morgan fingerprint density at radius 3 is 1.11 bits per heavy atom. The largest absolute Gasteiger partial charge is 0.494 e. The zero-order valence-electron chi connectivity index (χ0n) is 26.4. The zero-order chi connectivity index (χ0) is 31.7. The lowest BCUT2D eigenvalue weighted by Crippen LogP contribution is -2.41. The van der Waals surface area contributed by atoms with Crippen molar-refractivity contribution in [2.24, 2.45) is 0 Å². The Hall–Kier alpha value is -3.43. The monoisotopic (exact) mass is 596 g/mol. The molecule has 0 amide bonds. The van der Waals surface area contributed by atoms with Gasteiger partial charge < -0.3 is 18.6 Å². The second-order valence-electron chi connectivity index (χ2n) is 13.5. The predicted molar refractivity (Wildman–Crippen MR) is 170 cm³/mol. The quantitative estimate of drug-likeness (QED) is 0.250. The van der Waals surface area contributed by atoms with Crippen molar-refractivity contribution >= 4 is 25.2 Å². The maximum Gasteiger partial charge on any atom is 0.494 e. The molecule has 44 heavy (non-hydrogen) atoms. The number of hydrogen-bond donors (Lipinski definition) is 0. The van der Waals surface area contributed by atoms with E-state index in [0.717, 1.165) is 33.2 Å². The van der Waals surface area contributed by atoms with E-state index in [2.05, 4.69) is 9.97 Å². The molecule has 2 fully saturated rings. The van der Waals surface area contributed by atoms with Crippen molar-refractivity contribution in [1.82, 2.24) is 9.97 Å². The summed E-state index contributed by atoms with van der Waals surface area (Å²) >= 11 is 0. The molecule has 0 atom stereocenters. The van der Waals surface area contributed by atoms with Gasteiger partial charge in [-0.15, -0.1) is 0 Å². The van der Waals surface area contributed by atoms with Gasteiger partial charge in [0.2, 0.25) is 0 Å². The fraction of sp³-hybridized carbons (Fsp3) is 0.353. The number of halogens is 2. The second-order valence-corrected chi connectivity index (χ2v) is 13.5. The number of hydrogen-bond acceptors (Lipinski definition) is 6. The van der Waals surface area contributed by atoms with Crippen molar-refractivity contribution in [3.8, 4) is 33.6 Å². The van der Waals surface area contributed by atoms with Gasteiger partial charge in [0.15, 0.2) is 0 Å². The zero-order valence-corrected chi connectivity index (χ0v) is 26.4. The summed E-state index contributed by atoms with van der Waals surface area (Å²) in [6.07, 6.45) is 2.40. The summed E-state index contributed by atoms with van der Waals surface area (Å²) in [4.78, 5) is 8.85. The first-order valence-electron chi connectivity index (χ1n) is 14.8. The molecule has 6 rings (SSSR count). The minimum atomic E-state index is -0.600. The van der Waals surface area contributed by atoms with E-state index in [1.165, 1.54) is 24.5 Å². The molecule has 0 aliphatic carbocycles. The highest BCUT2D eigenvalue weighted by molar-refractivity contribution is 6.62. The first-order chi connectivity index (χ1) is 20.6. The molecule has 0 bridgehead atoms. The molecular formula is C34H36B2F2N2O4. The summed E-state index contributed by atoms with van der Waals surface area (Å²) in [5.41, 5.74) is 3.85. The van der Waals surface area contributed by atoms with Crippen LogP contribution in [0.1, 0.15) is 55.4 Å². The van der Waals surface area contributed by atoms with Crippen LogP contribution in [0.15, 0.2) is 73.1 Å². The summed E-state index contributed by atoms with van der Waals surface area (Å²) < 4.78 is 53.3. The van der Waals surface area contributed by atoms with Gasteiger partial charge in [-0.25, -0.2) is 8.78 Å². The third-order valence-electron chi connectivity index (χ3n) is 9.43. The van der Waals surface area contributed by atoms with E-state index >= 15 is 0 Å². The standard InChI is InChI=1S/C34H36B2F2N2O4/c1-31(2)32(3,4)42-35(41-31)21-9-13-25(27(17-21)29-15-11-23(37)19-39-29)26-14-10-22(36-43-33(5,6)34(7,8)44-36)18-28(26)30-16-12-24(38)20-40-30/h9-20H,1-8H3. The highest BCUT2D eigenvalue weighted by Crippen LogP contribution is 2.41. The van der Waals surface area contributed by atoms with Crippen molar-refractivity contribution in [3.05, 3.63) is 84.7 Å². The minimum Gasteiger partial charge on any atom is -0.399 e. The smallest absolute Gasteiger partial charge is 0.399 e. The van der Waals surface area contributed by atoms with E-state index in [4.69, 9.17) is 18.6 Å². The number of nitrogens with zero attached hydrogens (tertiary/aromatic N) is 2. The van der Waals surface area contributed by atoms with Crippen LogP contribution in [0.5, 0.6) is 0 Å². The maximum atomic E-state index is 14.0. The van der Waals surface area contributed by atoms with Gasteiger partial charge in [0.1, 0.15) is 11.6 Å². The van der Waals surface area contributed by atoms with Gasteiger partial charge in [-0.05, 0) is 102 Å². The molecule has 0 saturated carbocycles. The Kier molecular flexibility index (Phi) is 7.36. The molecule has 226 valence electrons. The van der Waals surface area contributed by atoms with Crippen molar-refractivity contribution in [2.75, 3.05) is 0 Å². The highest BCUT2D eigenvalue weighted by Gasteiger charge is 2.53. The normalized spacial score (nSPS) is 19.9. The van der Waals surface area contributed by atoms with Crippen LogP contribution >= 0.6 is 0 Å². The van der Waals surface area contributed by atoms with Crippen LogP contribution < -0.4 is 10.9 Å². The van der Waals surface area contributed by atoms with Gasteiger partial charge >= 0.3 is 14.2 Å². The van der Waals surface area contributed by atoms with Gasteiger partial charge in [-0.3, -0.25) is 9.97 Å². The van der Waals surface area contributed by atoms with Crippen LogP contribution in [0, 0.1) is 11.6 Å². The first-order valence-corrected chi connectivity index (χ1v) is 14.8. The lowest BCUT2D eigenvalue weighted by atomic mass is 9.75. The van der Waals surface area contributed by atoms with Crippen molar-refractivity contribution in [3.63, 3.8) is 0 Å². The first kappa shape index (κ1) is 30.6. The molecule has 10 heteroatoms. The van der Waals surface area contributed by atoms with E-state index in [1.807, 2.05) is 91.8 Å². The molecule has 2 aromatic heterocycles. The molecule has 2 aliphatic rings. The van der Waals surface area contributed by atoms with Crippen molar-refractivity contribution in [1.29, 1.82) is 0 Å². The molecule has 0 N–H and O–H groups in total. The van der Waals surface area contributed by atoms with Crippen molar-refractivity contribution < 1.29 is 27.4 Å². The molecule has 4 aromatic rings. The second kappa shape index (κ2) is 10.6. The minimum absolute atomic E-state index is 0.430. The molecule has 2 aliphatic heterocycles. The molecule has 6 nitrogen and oxygen atoms in total. The summed E-state index contributed by atoms with van der Waals surface area (Å²) in [6, 6.07) is 17.9. The predicted octanol–water partition coefficient (Wildman–Crippen LogP) is 6.35. The topological polar surface area (TPSA) is 62.7 Å². The number of aromatic nitrogens is 2. The fourth-order valence-electron chi connectivity index (χ4n) is 5.34. The molecule has 0 unspecified atom stereocenters. The maximum absolute atomic E-state index is 14.0. The molecule has 0 radical (unpaired) electrons. The Bertz CT molecular complexity index is 1550. The Labute approximate surface area is 258 Å². The SMILES string of the molecule is CC1(C)OB(c2ccc(-c3ccc(B4OC(C)(C)C(C)(C)O4)cc3-c3ccc(F)cn3)c(-c3ccc(F)cn3)c2)OC1(C)C. The molecule has 2 saturated heterocycles. The van der Waals surface area contributed by atoms with Crippen LogP contribution in [-0.4, -0.2) is 46.6 Å². The molecule has 0 spiro atoms. The van der Waals surface area contributed by atoms with E-state index < -0.39 is 48.3 Å². The van der Waals surface area contributed by atoms with E-state index in [9.17, 15) is 8.78 Å². The number of benzene rings is 2. The average Bonchev–Trinajstić information content (AvgIpc) is 3.32. The average molecular weight is 596 g/mol. The van der Waals surface area contributed by atoms with Crippen LogP contribution in [0.4, 0.5) is 8.78 Å². The van der Waals surface area contributed by atoms with E-state index in [-0.39, 0.29) is 0 Å². The Morgan fingerprint density at radius 1 is 0.477 bits per heavy atom. The molecule has 4 heterocycles. The van der Waals surface area contributed by atoms with Crippen LogP contribution in [0.25, 0.3) is 33.6 Å². The van der Waals surface area contributed by atoms with Crippen molar-refractivity contribution in [2.45, 2.75) is 77.8 Å². The Balaban J connectivity index is 1.51. The van der Waals surface area contributed by atoms with E-state index in [1.54, 1.807) is 12.1 Å².